The summed E-state index contributed by atoms with van der Waals surface area (Å²) in [5.41, 5.74) is 6.63. The van der Waals surface area contributed by atoms with Crippen molar-refractivity contribution in [1.82, 2.24) is 25.9 Å². The van der Waals surface area contributed by atoms with Crippen LogP contribution in [0.2, 0.25) is 0 Å². The van der Waals surface area contributed by atoms with Gasteiger partial charge in [0.1, 0.15) is 18.1 Å². The SMILES string of the molecule is CSCCC(NC(=O)C(N)Cc1cnc[nH]1)C(=O)NC(CC(C)C)C(=O)NC(CO)C(=O)O. The van der Waals surface area contributed by atoms with E-state index in [1.807, 2.05) is 20.1 Å². The maximum absolute atomic E-state index is 13.0. The molecule has 0 aliphatic rings. The largest absolute Gasteiger partial charge is 0.480 e. The summed E-state index contributed by atoms with van der Waals surface area (Å²) >= 11 is 1.49. The summed E-state index contributed by atoms with van der Waals surface area (Å²) < 4.78 is 0. The van der Waals surface area contributed by atoms with Gasteiger partial charge in [0.15, 0.2) is 0 Å². The van der Waals surface area contributed by atoms with Gasteiger partial charge in [-0.25, -0.2) is 9.78 Å². The molecule has 4 unspecified atom stereocenters. The Morgan fingerprint density at radius 2 is 1.70 bits per heavy atom. The number of thioether (sulfide) groups is 1. The number of nitrogens with one attached hydrogen (secondary N) is 4. The van der Waals surface area contributed by atoms with Crippen molar-refractivity contribution in [2.24, 2.45) is 11.7 Å². The molecule has 1 heterocycles. The molecule has 8 N–H and O–H groups in total. The number of aliphatic hydroxyl groups excluding tert-OH is 1. The van der Waals surface area contributed by atoms with Crippen molar-refractivity contribution in [3.8, 4) is 0 Å². The van der Waals surface area contributed by atoms with Gasteiger partial charge in [0.05, 0.1) is 19.0 Å². The van der Waals surface area contributed by atoms with Crippen LogP contribution in [0.1, 0.15) is 32.4 Å². The number of rotatable bonds is 15. The molecule has 0 saturated heterocycles. The summed E-state index contributed by atoms with van der Waals surface area (Å²) in [4.78, 5) is 56.0. The number of carboxylic acids is 1. The summed E-state index contributed by atoms with van der Waals surface area (Å²) in [5.74, 6) is -2.66. The molecule has 1 aromatic heterocycles. The Labute approximate surface area is 196 Å². The van der Waals surface area contributed by atoms with Crippen LogP contribution >= 0.6 is 11.8 Å². The number of aliphatic hydroxyl groups is 1. The van der Waals surface area contributed by atoms with Gasteiger partial charge in [0.25, 0.3) is 0 Å². The number of aromatic amines is 1. The summed E-state index contributed by atoms with van der Waals surface area (Å²) in [5, 5.41) is 25.7. The normalized spacial score (nSPS) is 14.7. The average molecular weight is 487 g/mol. The molecule has 0 radical (unpaired) electrons. The molecule has 0 aliphatic carbocycles. The van der Waals surface area contributed by atoms with E-state index in [-0.39, 0.29) is 18.8 Å². The van der Waals surface area contributed by atoms with Gasteiger partial charge in [-0.05, 0) is 30.8 Å². The Kier molecular flexibility index (Phi) is 12.5. The van der Waals surface area contributed by atoms with Crippen molar-refractivity contribution < 1.29 is 29.4 Å². The lowest BCUT2D eigenvalue weighted by Gasteiger charge is -2.25. The minimum atomic E-state index is -1.49. The fraction of sp³-hybridized carbons (Fsp3) is 0.650. The fourth-order valence-electron chi connectivity index (χ4n) is 2.94. The van der Waals surface area contributed by atoms with Crippen LogP contribution in [0.15, 0.2) is 12.5 Å². The third-order valence-electron chi connectivity index (χ3n) is 4.71. The Balaban J connectivity index is 2.88. The lowest BCUT2D eigenvalue weighted by molar-refractivity contribution is -0.143. The summed E-state index contributed by atoms with van der Waals surface area (Å²) in [6, 6.07) is -4.38. The van der Waals surface area contributed by atoms with E-state index in [9.17, 15) is 19.2 Å². The highest BCUT2D eigenvalue weighted by Gasteiger charge is 2.30. The monoisotopic (exact) mass is 486 g/mol. The third kappa shape index (κ3) is 10.2. The van der Waals surface area contributed by atoms with Gasteiger partial charge in [0, 0.05) is 18.3 Å². The van der Waals surface area contributed by atoms with Crippen LogP contribution in [-0.4, -0.2) is 86.7 Å². The number of imidazole rings is 1. The molecule has 0 fully saturated rings. The molecule has 0 aromatic carbocycles. The van der Waals surface area contributed by atoms with Crippen molar-refractivity contribution in [2.45, 2.75) is 57.3 Å². The Morgan fingerprint density at radius 1 is 1.09 bits per heavy atom. The lowest BCUT2D eigenvalue weighted by Crippen LogP contribution is -2.58. The van der Waals surface area contributed by atoms with Gasteiger partial charge >= 0.3 is 5.97 Å². The third-order valence-corrected chi connectivity index (χ3v) is 5.36. The predicted molar refractivity (Wildman–Crippen MR) is 123 cm³/mol. The fourth-order valence-corrected chi connectivity index (χ4v) is 3.41. The zero-order chi connectivity index (χ0) is 25.0. The van der Waals surface area contributed by atoms with Crippen LogP contribution < -0.4 is 21.7 Å². The highest BCUT2D eigenvalue weighted by atomic mass is 32.2. The molecule has 0 aliphatic heterocycles. The van der Waals surface area contributed by atoms with Crippen molar-refractivity contribution in [2.75, 3.05) is 18.6 Å². The molecule has 186 valence electrons. The van der Waals surface area contributed by atoms with Crippen molar-refractivity contribution >= 4 is 35.5 Å². The number of aromatic nitrogens is 2. The second-order valence-corrected chi connectivity index (χ2v) is 8.99. The van der Waals surface area contributed by atoms with Crippen molar-refractivity contribution in [1.29, 1.82) is 0 Å². The van der Waals surface area contributed by atoms with Gasteiger partial charge in [0.2, 0.25) is 17.7 Å². The second-order valence-electron chi connectivity index (χ2n) is 8.00. The van der Waals surface area contributed by atoms with E-state index in [0.717, 1.165) is 0 Å². The van der Waals surface area contributed by atoms with Crippen molar-refractivity contribution in [3.63, 3.8) is 0 Å². The Hall–Kier alpha value is -2.64. The molecule has 0 bridgehead atoms. The number of hydrogen-bond acceptors (Lipinski definition) is 8. The zero-order valence-electron chi connectivity index (χ0n) is 19.0. The minimum Gasteiger partial charge on any atom is -0.480 e. The van der Waals surface area contributed by atoms with Gasteiger partial charge in [-0.1, -0.05) is 13.8 Å². The van der Waals surface area contributed by atoms with Crippen molar-refractivity contribution in [3.05, 3.63) is 18.2 Å². The Bertz CT molecular complexity index is 775. The standard InChI is InChI=1S/C20H34N6O6S/c1-11(2)6-15(19(30)26-16(9-27)20(31)32)25-18(29)14(4-5-33-3)24-17(28)13(21)7-12-8-22-10-23-12/h8,10-11,13-16,27H,4-7,9,21H2,1-3H3,(H,22,23)(H,24,28)(H,25,29)(H,26,30)(H,31,32). The molecule has 0 saturated carbocycles. The number of hydrogen-bond donors (Lipinski definition) is 7. The molecular weight excluding hydrogens is 452 g/mol. The Morgan fingerprint density at radius 3 is 2.21 bits per heavy atom. The number of H-pyrrole nitrogens is 1. The predicted octanol–water partition coefficient (Wildman–Crippen LogP) is -1.39. The van der Waals surface area contributed by atoms with E-state index < -0.39 is 54.5 Å². The molecule has 3 amide bonds. The first kappa shape index (κ1) is 28.4. The maximum atomic E-state index is 13.0. The highest BCUT2D eigenvalue weighted by Crippen LogP contribution is 2.08. The van der Waals surface area contributed by atoms with E-state index >= 15 is 0 Å². The number of nitrogens with two attached hydrogens (primary N) is 1. The first-order valence-electron chi connectivity index (χ1n) is 10.6. The van der Waals surface area contributed by atoms with Gasteiger partial charge in [-0.2, -0.15) is 11.8 Å². The average Bonchev–Trinajstić information content (AvgIpc) is 3.26. The highest BCUT2D eigenvalue weighted by molar-refractivity contribution is 7.98. The first-order valence-corrected chi connectivity index (χ1v) is 11.9. The van der Waals surface area contributed by atoms with Crippen LogP contribution in [-0.2, 0) is 25.6 Å². The maximum Gasteiger partial charge on any atom is 0.328 e. The topological polar surface area (TPSA) is 200 Å². The molecular formula is C20H34N6O6S. The minimum absolute atomic E-state index is 0.000482. The van der Waals surface area contributed by atoms with E-state index in [2.05, 4.69) is 25.9 Å². The van der Waals surface area contributed by atoms with Crippen LogP contribution in [0.3, 0.4) is 0 Å². The molecule has 1 aromatic rings. The summed E-state index contributed by atoms with van der Waals surface area (Å²) in [6.45, 7) is 2.90. The molecule has 13 heteroatoms. The molecule has 33 heavy (non-hydrogen) atoms. The number of carbonyl (C=O) groups is 4. The number of carboxylic acid groups (broad SMARTS) is 1. The lowest BCUT2D eigenvalue weighted by atomic mass is 10.0. The smallest absolute Gasteiger partial charge is 0.328 e. The molecule has 12 nitrogen and oxygen atoms in total. The quantitative estimate of drug-likeness (QED) is 0.156. The zero-order valence-corrected chi connectivity index (χ0v) is 19.9. The van der Waals surface area contributed by atoms with Gasteiger partial charge < -0.3 is 36.9 Å². The molecule has 0 spiro atoms. The van der Waals surface area contributed by atoms with E-state index in [4.69, 9.17) is 15.9 Å². The second kappa shape index (κ2) is 14.5. The van der Waals surface area contributed by atoms with E-state index in [0.29, 0.717) is 17.9 Å². The number of nitrogens with zero attached hydrogens (tertiary/aromatic N) is 1. The van der Waals surface area contributed by atoms with Gasteiger partial charge in [-0.15, -0.1) is 0 Å². The van der Waals surface area contributed by atoms with Crippen LogP contribution in [0.5, 0.6) is 0 Å². The molecule has 1 rings (SSSR count). The van der Waals surface area contributed by atoms with Gasteiger partial charge in [-0.3, -0.25) is 14.4 Å². The first-order chi connectivity index (χ1) is 15.6. The van der Waals surface area contributed by atoms with E-state index in [1.54, 1.807) is 6.20 Å². The van der Waals surface area contributed by atoms with Crippen LogP contribution in [0.25, 0.3) is 0 Å². The van der Waals surface area contributed by atoms with Crippen LogP contribution in [0, 0.1) is 5.92 Å². The summed E-state index contributed by atoms with van der Waals surface area (Å²) in [7, 11) is 0. The number of aliphatic carboxylic acids is 1. The molecule has 4 atom stereocenters. The number of amides is 3. The summed E-state index contributed by atoms with van der Waals surface area (Å²) in [6.07, 6.45) is 5.63. The van der Waals surface area contributed by atoms with Crippen LogP contribution in [0.4, 0.5) is 0 Å². The number of carbonyl (C=O) groups excluding carboxylic acids is 3. The van der Waals surface area contributed by atoms with E-state index in [1.165, 1.54) is 18.1 Å².